The molecule has 14 heavy (non-hydrogen) atoms. The van der Waals surface area contributed by atoms with Crippen LogP contribution in [0.4, 0.5) is 13.2 Å². The molecule has 0 aliphatic carbocycles. The average Bonchev–Trinajstić information content (AvgIpc) is 2.19. The van der Waals surface area contributed by atoms with Crippen molar-refractivity contribution in [3.63, 3.8) is 0 Å². The number of benzene rings is 1. The van der Waals surface area contributed by atoms with Crippen LogP contribution in [-0.4, -0.2) is 12.9 Å². The number of ether oxygens (including phenoxy) is 1. The maximum atomic E-state index is 12.9. The van der Waals surface area contributed by atoms with Crippen LogP contribution >= 0.6 is 0 Å². The highest BCUT2D eigenvalue weighted by atomic mass is 19.2. The fourth-order valence-electron chi connectivity index (χ4n) is 0.945. The van der Waals surface area contributed by atoms with Gasteiger partial charge in [0.15, 0.2) is 23.7 Å². The Morgan fingerprint density at radius 2 is 1.93 bits per heavy atom. The third-order valence-electron chi connectivity index (χ3n) is 1.57. The number of carbonyl (C=O) groups is 1. The van der Waals surface area contributed by atoms with E-state index in [9.17, 15) is 18.0 Å². The molecule has 1 rings (SSSR count). The van der Waals surface area contributed by atoms with Gasteiger partial charge in [-0.15, -0.1) is 0 Å². The van der Waals surface area contributed by atoms with Crippen molar-refractivity contribution in [2.45, 2.75) is 6.92 Å². The van der Waals surface area contributed by atoms with Crippen LogP contribution in [0.2, 0.25) is 0 Å². The Morgan fingerprint density at radius 1 is 1.29 bits per heavy atom. The molecule has 0 aromatic heterocycles. The highest BCUT2D eigenvalue weighted by molar-refractivity contribution is 5.76. The molecular weight excluding hydrogens is 197 g/mol. The van der Waals surface area contributed by atoms with Crippen LogP contribution in [0.15, 0.2) is 6.07 Å². The Kier molecular flexibility index (Phi) is 3.11. The van der Waals surface area contributed by atoms with Crippen molar-refractivity contribution in [2.75, 3.05) is 6.61 Å². The first-order chi connectivity index (χ1) is 6.61. The summed E-state index contributed by atoms with van der Waals surface area (Å²) >= 11 is 0. The van der Waals surface area contributed by atoms with Crippen molar-refractivity contribution in [1.82, 2.24) is 0 Å². The highest BCUT2D eigenvalue weighted by Gasteiger charge is 2.18. The minimum atomic E-state index is -1.70. The Hall–Kier alpha value is -1.52. The van der Waals surface area contributed by atoms with Crippen molar-refractivity contribution in [3.8, 4) is 5.75 Å². The molecule has 0 fully saturated rings. The Bertz CT molecular complexity index is 364. The zero-order valence-electron chi connectivity index (χ0n) is 7.31. The topological polar surface area (TPSA) is 26.3 Å². The molecule has 0 aliphatic heterocycles. The molecule has 76 valence electrons. The lowest BCUT2D eigenvalue weighted by Gasteiger charge is -2.06. The molecule has 5 heteroatoms. The molecule has 0 N–H and O–H groups in total. The second kappa shape index (κ2) is 4.13. The normalized spacial score (nSPS) is 10.0. The molecular formula is C9H7F3O2. The molecule has 0 bridgehead atoms. The monoisotopic (exact) mass is 204 g/mol. The van der Waals surface area contributed by atoms with E-state index in [1.165, 1.54) is 0 Å². The van der Waals surface area contributed by atoms with Crippen molar-refractivity contribution < 1.29 is 22.7 Å². The summed E-state index contributed by atoms with van der Waals surface area (Å²) in [6.45, 7) is 1.65. The summed E-state index contributed by atoms with van der Waals surface area (Å²) in [6, 6.07) is 0.824. The standard InChI is InChI=1S/C9H7F3O2/c1-2-14-6-3-5(4-13)7(10)9(12)8(6)11/h3-4H,2H2,1H3. The van der Waals surface area contributed by atoms with Gasteiger partial charge in [0.2, 0.25) is 5.82 Å². The summed E-state index contributed by atoms with van der Waals surface area (Å²) in [6.07, 6.45) is 0.0976. The van der Waals surface area contributed by atoms with E-state index < -0.39 is 28.8 Å². The fourth-order valence-corrected chi connectivity index (χ4v) is 0.945. The van der Waals surface area contributed by atoms with Gasteiger partial charge in [-0.05, 0) is 13.0 Å². The highest BCUT2D eigenvalue weighted by Crippen LogP contribution is 2.24. The van der Waals surface area contributed by atoms with E-state index in [0.29, 0.717) is 0 Å². The van der Waals surface area contributed by atoms with E-state index in [4.69, 9.17) is 0 Å². The van der Waals surface area contributed by atoms with Gasteiger partial charge in [-0.25, -0.2) is 8.78 Å². The molecule has 0 saturated carbocycles. The van der Waals surface area contributed by atoms with Crippen LogP contribution in [0.1, 0.15) is 17.3 Å². The van der Waals surface area contributed by atoms with Gasteiger partial charge in [0.1, 0.15) is 0 Å². The van der Waals surface area contributed by atoms with E-state index in [2.05, 4.69) is 4.74 Å². The maximum Gasteiger partial charge on any atom is 0.203 e. The molecule has 2 nitrogen and oxygen atoms in total. The van der Waals surface area contributed by atoms with Gasteiger partial charge in [-0.2, -0.15) is 4.39 Å². The van der Waals surface area contributed by atoms with Crippen molar-refractivity contribution >= 4 is 6.29 Å². The van der Waals surface area contributed by atoms with Gasteiger partial charge in [0, 0.05) is 0 Å². The molecule has 1 aromatic carbocycles. The first kappa shape index (κ1) is 10.6. The number of aldehydes is 1. The summed E-state index contributed by atoms with van der Waals surface area (Å²) in [7, 11) is 0. The predicted molar refractivity (Wildman–Crippen MR) is 42.9 cm³/mol. The molecule has 0 spiro atoms. The number of halogens is 3. The SMILES string of the molecule is CCOc1cc(C=O)c(F)c(F)c1F. The van der Waals surface area contributed by atoms with Crippen molar-refractivity contribution in [1.29, 1.82) is 0 Å². The Labute approximate surface area is 78.3 Å². The second-order valence-electron chi connectivity index (χ2n) is 2.46. The smallest absolute Gasteiger partial charge is 0.203 e. The average molecular weight is 204 g/mol. The molecule has 0 radical (unpaired) electrons. The molecule has 0 unspecified atom stereocenters. The van der Waals surface area contributed by atoms with Crippen LogP contribution < -0.4 is 4.74 Å². The quantitative estimate of drug-likeness (QED) is 0.557. The van der Waals surface area contributed by atoms with Gasteiger partial charge in [0.25, 0.3) is 0 Å². The first-order valence-corrected chi connectivity index (χ1v) is 3.87. The minimum Gasteiger partial charge on any atom is -0.491 e. The first-order valence-electron chi connectivity index (χ1n) is 3.87. The van der Waals surface area contributed by atoms with Crippen LogP contribution in [0.3, 0.4) is 0 Å². The molecule has 0 heterocycles. The Morgan fingerprint density at radius 3 is 2.43 bits per heavy atom. The van der Waals surface area contributed by atoms with Gasteiger partial charge >= 0.3 is 0 Å². The summed E-state index contributed by atoms with van der Waals surface area (Å²) in [5, 5.41) is 0. The van der Waals surface area contributed by atoms with Gasteiger partial charge in [-0.3, -0.25) is 4.79 Å². The lowest BCUT2D eigenvalue weighted by Crippen LogP contribution is -2.02. The fraction of sp³-hybridized carbons (Fsp3) is 0.222. The third kappa shape index (κ3) is 1.71. The van der Waals surface area contributed by atoms with E-state index in [-0.39, 0.29) is 12.9 Å². The lowest BCUT2D eigenvalue weighted by atomic mass is 10.2. The van der Waals surface area contributed by atoms with Crippen LogP contribution in [0, 0.1) is 17.5 Å². The third-order valence-corrected chi connectivity index (χ3v) is 1.57. The zero-order chi connectivity index (χ0) is 10.7. The molecule has 0 aliphatic rings. The number of rotatable bonds is 3. The molecule has 0 atom stereocenters. The summed E-state index contributed by atoms with van der Waals surface area (Å²) in [5.41, 5.74) is -0.563. The van der Waals surface area contributed by atoms with Crippen molar-refractivity contribution in [2.24, 2.45) is 0 Å². The maximum absolute atomic E-state index is 12.9. The summed E-state index contributed by atoms with van der Waals surface area (Å²) in [4.78, 5) is 10.3. The molecule has 0 saturated heterocycles. The van der Waals surface area contributed by atoms with Gasteiger partial charge in [0.05, 0.1) is 12.2 Å². The summed E-state index contributed by atoms with van der Waals surface area (Å²) < 4.78 is 43.1. The summed E-state index contributed by atoms with van der Waals surface area (Å²) in [5.74, 6) is -5.08. The number of hydrogen-bond donors (Lipinski definition) is 0. The molecule has 1 aromatic rings. The van der Waals surface area contributed by atoms with Crippen LogP contribution in [0.25, 0.3) is 0 Å². The largest absolute Gasteiger partial charge is 0.491 e. The van der Waals surface area contributed by atoms with E-state index in [1.54, 1.807) is 6.92 Å². The van der Waals surface area contributed by atoms with Gasteiger partial charge < -0.3 is 4.74 Å². The van der Waals surface area contributed by atoms with Crippen LogP contribution in [0.5, 0.6) is 5.75 Å². The predicted octanol–water partition coefficient (Wildman–Crippen LogP) is 2.32. The molecule has 0 amide bonds. The minimum absolute atomic E-state index is 0.0975. The van der Waals surface area contributed by atoms with E-state index in [1.807, 2.05) is 0 Å². The zero-order valence-corrected chi connectivity index (χ0v) is 7.31. The van der Waals surface area contributed by atoms with E-state index >= 15 is 0 Å². The Balaban J connectivity index is 3.32. The second-order valence-corrected chi connectivity index (χ2v) is 2.46. The van der Waals surface area contributed by atoms with Crippen molar-refractivity contribution in [3.05, 3.63) is 29.1 Å². The van der Waals surface area contributed by atoms with Crippen LogP contribution in [-0.2, 0) is 0 Å². The number of hydrogen-bond acceptors (Lipinski definition) is 2. The van der Waals surface area contributed by atoms with Gasteiger partial charge in [-0.1, -0.05) is 0 Å². The lowest BCUT2D eigenvalue weighted by molar-refractivity contribution is 0.111. The van der Waals surface area contributed by atoms with E-state index in [0.717, 1.165) is 6.07 Å². The number of carbonyl (C=O) groups excluding carboxylic acids is 1.